The molecule has 1 aromatic carbocycles. The van der Waals surface area contributed by atoms with Crippen molar-refractivity contribution in [3.63, 3.8) is 0 Å². The molecular formula is C16H18N2O2. The summed E-state index contributed by atoms with van der Waals surface area (Å²) in [7, 11) is 0. The van der Waals surface area contributed by atoms with Gasteiger partial charge in [0.2, 0.25) is 0 Å². The van der Waals surface area contributed by atoms with Crippen LogP contribution in [0.25, 0.3) is 0 Å². The lowest BCUT2D eigenvalue weighted by Crippen LogP contribution is -2.29. The lowest BCUT2D eigenvalue weighted by atomic mass is 10.1. The molecule has 4 nitrogen and oxygen atoms in total. The zero-order chi connectivity index (χ0) is 13.9. The molecule has 0 saturated carbocycles. The standard InChI is InChI=1S/C16H18N2O2/c1-11-9-17-12(2)14(18-11)8-7-13-10-19-15-5-3-4-6-16(15)20-13/h3-6,9,13H,7-8,10H2,1-2H3/t13-/m0/s1. The Morgan fingerprint density at radius 1 is 1.20 bits per heavy atom. The van der Waals surface area contributed by atoms with E-state index in [0.717, 1.165) is 41.4 Å². The monoisotopic (exact) mass is 270 g/mol. The topological polar surface area (TPSA) is 44.2 Å². The van der Waals surface area contributed by atoms with Crippen LogP contribution in [0.1, 0.15) is 23.5 Å². The Kier molecular flexibility index (Phi) is 3.54. The fourth-order valence-corrected chi connectivity index (χ4v) is 2.33. The number of ether oxygens (including phenoxy) is 2. The Morgan fingerprint density at radius 3 is 2.85 bits per heavy atom. The summed E-state index contributed by atoms with van der Waals surface area (Å²) in [4.78, 5) is 8.89. The van der Waals surface area contributed by atoms with E-state index in [9.17, 15) is 0 Å². The molecule has 0 unspecified atom stereocenters. The molecule has 1 aliphatic heterocycles. The van der Waals surface area contributed by atoms with Crippen LogP contribution in [0.2, 0.25) is 0 Å². The lowest BCUT2D eigenvalue weighted by molar-refractivity contribution is 0.0849. The average Bonchev–Trinajstić information content (AvgIpc) is 2.48. The molecule has 0 N–H and O–H groups in total. The number of benzene rings is 1. The van der Waals surface area contributed by atoms with E-state index in [0.29, 0.717) is 6.61 Å². The van der Waals surface area contributed by atoms with Crippen molar-refractivity contribution in [1.82, 2.24) is 9.97 Å². The Labute approximate surface area is 118 Å². The SMILES string of the molecule is Cc1cnc(C)c(CC[C@H]2COc3ccccc3O2)n1. The highest BCUT2D eigenvalue weighted by Crippen LogP contribution is 2.31. The van der Waals surface area contributed by atoms with Crippen LogP contribution in [-0.4, -0.2) is 22.7 Å². The Bertz CT molecular complexity index is 613. The van der Waals surface area contributed by atoms with Crippen molar-refractivity contribution < 1.29 is 9.47 Å². The first-order chi connectivity index (χ1) is 9.72. The molecule has 0 spiro atoms. The van der Waals surface area contributed by atoms with E-state index in [1.54, 1.807) is 6.20 Å². The van der Waals surface area contributed by atoms with E-state index in [2.05, 4.69) is 9.97 Å². The predicted molar refractivity (Wildman–Crippen MR) is 76.2 cm³/mol. The fraction of sp³-hybridized carbons (Fsp3) is 0.375. The zero-order valence-corrected chi connectivity index (χ0v) is 11.8. The van der Waals surface area contributed by atoms with Crippen molar-refractivity contribution in [3.8, 4) is 11.5 Å². The molecule has 1 aliphatic rings. The first-order valence-corrected chi connectivity index (χ1v) is 6.90. The smallest absolute Gasteiger partial charge is 0.161 e. The fourth-order valence-electron chi connectivity index (χ4n) is 2.33. The van der Waals surface area contributed by atoms with Crippen molar-refractivity contribution in [2.24, 2.45) is 0 Å². The number of aryl methyl sites for hydroxylation is 3. The van der Waals surface area contributed by atoms with Gasteiger partial charge in [-0.2, -0.15) is 0 Å². The van der Waals surface area contributed by atoms with Gasteiger partial charge >= 0.3 is 0 Å². The zero-order valence-electron chi connectivity index (χ0n) is 11.8. The second-order valence-electron chi connectivity index (χ2n) is 5.08. The Morgan fingerprint density at radius 2 is 2.00 bits per heavy atom. The highest BCUT2D eigenvalue weighted by Gasteiger charge is 2.20. The molecule has 3 rings (SSSR count). The normalized spacial score (nSPS) is 17.0. The molecule has 0 saturated heterocycles. The van der Waals surface area contributed by atoms with Gasteiger partial charge in [-0.05, 0) is 38.8 Å². The third-order valence-corrected chi connectivity index (χ3v) is 3.44. The minimum atomic E-state index is 0.0756. The molecule has 104 valence electrons. The van der Waals surface area contributed by atoms with E-state index in [-0.39, 0.29) is 6.10 Å². The highest BCUT2D eigenvalue weighted by molar-refractivity contribution is 5.40. The molecule has 0 bridgehead atoms. The van der Waals surface area contributed by atoms with E-state index in [1.807, 2.05) is 38.1 Å². The molecule has 1 atom stereocenters. The molecule has 0 amide bonds. The summed E-state index contributed by atoms with van der Waals surface area (Å²) in [6.07, 6.45) is 3.62. The minimum Gasteiger partial charge on any atom is -0.486 e. The van der Waals surface area contributed by atoms with Crippen molar-refractivity contribution in [3.05, 3.63) is 47.5 Å². The summed E-state index contributed by atoms with van der Waals surface area (Å²) in [5.74, 6) is 1.66. The summed E-state index contributed by atoms with van der Waals surface area (Å²) in [6.45, 7) is 4.55. The van der Waals surface area contributed by atoms with Crippen molar-refractivity contribution in [2.75, 3.05) is 6.61 Å². The predicted octanol–water partition coefficient (Wildman–Crippen LogP) is 2.87. The van der Waals surface area contributed by atoms with E-state index >= 15 is 0 Å². The first-order valence-electron chi connectivity index (χ1n) is 6.90. The number of para-hydroxylation sites is 2. The summed E-state index contributed by atoms with van der Waals surface area (Å²) in [5.41, 5.74) is 3.00. The molecule has 1 aromatic heterocycles. The largest absolute Gasteiger partial charge is 0.486 e. The third-order valence-electron chi connectivity index (χ3n) is 3.44. The van der Waals surface area contributed by atoms with Gasteiger partial charge in [-0.15, -0.1) is 0 Å². The van der Waals surface area contributed by atoms with Crippen LogP contribution in [0.15, 0.2) is 30.5 Å². The van der Waals surface area contributed by atoms with Gasteiger partial charge in [0.25, 0.3) is 0 Å². The van der Waals surface area contributed by atoms with Crippen LogP contribution >= 0.6 is 0 Å². The summed E-state index contributed by atoms with van der Waals surface area (Å²) in [5, 5.41) is 0. The van der Waals surface area contributed by atoms with Crippen LogP contribution < -0.4 is 9.47 Å². The molecular weight excluding hydrogens is 252 g/mol. The first kappa shape index (κ1) is 12.9. The number of aromatic nitrogens is 2. The molecule has 0 fully saturated rings. The molecule has 2 heterocycles. The van der Waals surface area contributed by atoms with Crippen molar-refractivity contribution in [1.29, 1.82) is 0 Å². The van der Waals surface area contributed by atoms with Gasteiger partial charge in [0, 0.05) is 6.20 Å². The van der Waals surface area contributed by atoms with Crippen LogP contribution in [0.4, 0.5) is 0 Å². The van der Waals surface area contributed by atoms with Gasteiger partial charge in [0.15, 0.2) is 11.5 Å². The second kappa shape index (κ2) is 5.49. The number of nitrogens with zero attached hydrogens (tertiary/aromatic N) is 2. The Hall–Kier alpha value is -2.10. The van der Waals surface area contributed by atoms with Crippen LogP contribution in [-0.2, 0) is 6.42 Å². The maximum Gasteiger partial charge on any atom is 0.161 e. The number of rotatable bonds is 3. The molecule has 2 aromatic rings. The quantitative estimate of drug-likeness (QED) is 0.860. The molecule has 20 heavy (non-hydrogen) atoms. The van der Waals surface area contributed by atoms with Gasteiger partial charge < -0.3 is 9.47 Å². The van der Waals surface area contributed by atoms with Crippen LogP contribution in [0.5, 0.6) is 11.5 Å². The minimum absolute atomic E-state index is 0.0756. The molecule has 0 radical (unpaired) electrons. The molecule has 4 heteroatoms. The van der Waals surface area contributed by atoms with Gasteiger partial charge in [0.05, 0.1) is 17.1 Å². The second-order valence-corrected chi connectivity index (χ2v) is 5.08. The van der Waals surface area contributed by atoms with Gasteiger partial charge in [-0.25, -0.2) is 0 Å². The lowest BCUT2D eigenvalue weighted by Gasteiger charge is -2.26. The summed E-state index contributed by atoms with van der Waals surface area (Å²) >= 11 is 0. The summed E-state index contributed by atoms with van der Waals surface area (Å²) < 4.78 is 11.7. The number of hydrogen-bond acceptors (Lipinski definition) is 4. The Balaban J connectivity index is 1.64. The highest BCUT2D eigenvalue weighted by atomic mass is 16.6. The number of hydrogen-bond donors (Lipinski definition) is 0. The van der Waals surface area contributed by atoms with Crippen molar-refractivity contribution in [2.45, 2.75) is 32.8 Å². The molecule has 0 aliphatic carbocycles. The maximum absolute atomic E-state index is 5.95. The van der Waals surface area contributed by atoms with Gasteiger partial charge in [0.1, 0.15) is 12.7 Å². The van der Waals surface area contributed by atoms with E-state index < -0.39 is 0 Å². The van der Waals surface area contributed by atoms with Crippen molar-refractivity contribution >= 4 is 0 Å². The van der Waals surface area contributed by atoms with E-state index in [1.165, 1.54) is 0 Å². The van der Waals surface area contributed by atoms with Crippen LogP contribution in [0, 0.1) is 13.8 Å². The van der Waals surface area contributed by atoms with Gasteiger partial charge in [-0.1, -0.05) is 12.1 Å². The van der Waals surface area contributed by atoms with E-state index in [4.69, 9.17) is 9.47 Å². The summed E-state index contributed by atoms with van der Waals surface area (Å²) in [6, 6.07) is 7.79. The average molecular weight is 270 g/mol. The maximum atomic E-state index is 5.95. The number of fused-ring (bicyclic) bond motifs is 1. The third kappa shape index (κ3) is 2.74. The van der Waals surface area contributed by atoms with Crippen LogP contribution in [0.3, 0.4) is 0 Å². The van der Waals surface area contributed by atoms with Gasteiger partial charge in [-0.3, -0.25) is 9.97 Å².